The highest BCUT2D eigenvalue weighted by atomic mass is 32.1. The molecule has 0 atom stereocenters. The normalized spacial score (nSPS) is 10.1. The van der Waals surface area contributed by atoms with Crippen molar-refractivity contribution in [3.8, 4) is 0 Å². The molecule has 5 nitrogen and oxygen atoms in total. The average Bonchev–Trinajstić information content (AvgIpc) is 2.81. The van der Waals surface area contributed by atoms with Crippen LogP contribution in [0.4, 0.5) is 5.82 Å². The number of amides is 1. The lowest BCUT2D eigenvalue weighted by atomic mass is 10.3. The van der Waals surface area contributed by atoms with E-state index in [-0.39, 0.29) is 5.91 Å². The van der Waals surface area contributed by atoms with E-state index < -0.39 is 0 Å². The molecule has 2 aromatic heterocycles. The third-order valence-electron chi connectivity index (χ3n) is 2.50. The maximum atomic E-state index is 11.9. The Kier molecular flexibility index (Phi) is 3.88. The van der Waals surface area contributed by atoms with Gasteiger partial charge in [-0.15, -0.1) is 11.3 Å². The van der Waals surface area contributed by atoms with Gasteiger partial charge in [-0.25, -0.2) is 4.98 Å². The molecule has 0 aromatic carbocycles. The molecule has 6 heteroatoms. The summed E-state index contributed by atoms with van der Waals surface area (Å²) in [5, 5.41) is 7.70. The molecular weight excluding hydrogens is 248 g/mol. The topological polar surface area (TPSA) is 66.9 Å². The zero-order valence-electron chi connectivity index (χ0n) is 10.2. The molecule has 2 aromatic rings. The van der Waals surface area contributed by atoms with Crippen LogP contribution in [0, 0.1) is 6.92 Å². The zero-order chi connectivity index (χ0) is 13.0. The zero-order valence-corrected chi connectivity index (χ0v) is 11.0. The Hall–Kier alpha value is -1.95. The summed E-state index contributed by atoms with van der Waals surface area (Å²) in [7, 11) is 1.74. The average molecular weight is 262 g/mol. The van der Waals surface area contributed by atoms with Crippen LogP contribution in [0.1, 0.15) is 20.9 Å². The van der Waals surface area contributed by atoms with Crippen molar-refractivity contribution < 1.29 is 4.79 Å². The Morgan fingerprint density at radius 2 is 2.28 bits per heavy atom. The Bertz CT molecular complexity index is 553. The summed E-state index contributed by atoms with van der Waals surface area (Å²) < 4.78 is 0. The number of rotatable bonds is 4. The van der Waals surface area contributed by atoms with Gasteiger partial charge in [-0.2, -0.15) is 0 Å². The van der Waals surface area contributed by atoms with Gasteiger partial charge in [0, 0.05) is 11.9 Å². The Morgan fingerprint density at radius 1 is 1.44 bits per heavy atom. The lowest BCUT2D eigenvalue weighted by Crippen LogP contribution is -2.24. The van der Waals surface area contributed by atoms with Gasteiger partial charge in [0.25, 0.3) is 5.91 Å². The summed E-state index contributed by atoms with van der Waals surface area (Å²) in [4.78, 5) is 21.1. The van der Waals surface area contributed by atoms with Gasteiger partial charge < -0.3 is 10.6 Å². The summed E-state index contributed by atoms with van der Waals surface area (Å²) in [6, 6.07) is 2.04. The predicted octanol–water partition coefficient (Wildman–Crippen LogP) is 1.82. The standard InChI is InChI=1S/C12H14N4OS/c1-8-3-4-18-10(8)6-15-12(17)9-5-14-7-11(13-2)16-9/h3-5,7H,6H2,1-2H3,(H,13,16)(H,15,17). The molecule has 0 radical (unpaired) electrons. The summed E-state index contributed by atoms with van der Waals surface area (Å²) in [6.45, 7) is 2.55. The molecule has 18 heavy (non-hydrogen) atoms. The van der Waals surface area contributed by atoms with Crippen LogP contribution in [-0.2, 0) is 6.54 Å². The molecule has 1 amide bonds. The number of hydrogen-bond donors (Lipinski definition) is 2. The fourth-order valence-electron chi connectivity index (χ4n) is 1.43. The number of aryl methyl sites for hydroxylation is 1. The van der Waals surface area contributed by atoms with E-state index in [0.717, 1.165) is 4.88 Å². The maximum absolute atomic E-state index is 11.9. The van der Waals surface area contributed by atoms with Gasteiger partial charge >= 0.3 is 0 Å². The highest BCUT2D eigenvalue weighted by Gasteiger charge is 2.09. The van der Waals surface area contributed by atoms with Gasteiger partial charge in [-0.05, 0) is 23.9 Å². The number of hydrogen-bond acceptors (Lipinski definition) is 5. The molecule has 2 rings (SSSR count). The van der Waals surface area contributed by atoms with Crippen molar-refractivity contribution >= 4 is 23.1 Å². The van der Waals surface area contributed by atoms with Crippen molar-refractivity contribution in [2.24, 2.45) is 0 Å². The van der Waals surface area contributed by atoms with Crippen LogP contribution in [0.3, 0.4) is 0 Å². The van der Waals surface area contributed by atoms with E-state index >= 15 is 0 Å². The number of carbonyl (C=O) groups excluding carboxylic acids is 1. The molecule has 0 spiro atoms. The van der Waals surface area contributed by atoms with Crippen molar-refractivity contribution in [3.63, 3.8) is 0 Å². The number of aromatic nitrogens is 2. The fraction of sp³-hybridized carbons (Fsp3) is 0.250. The third-order valence-corrected chi connectivity index (χ3v) is 3.52. The van der Waals surface area contributed by atoms with Crippen LogP contribution < -0.4 is 10.6 Å². The number of thiophene rings is 1. The number of anilines is 1. The molecular formula is C12H14N4OS. The monoisotopic (exact) mass is 262 g/mol. The molecule has 0 fully saturated rings. The van der Waals surface area contributed by atoms with Gasteiger partial charge in [-0.1, -0.05) is 0 Å². The van der Waals surface area contributed by atoms with Gasteiger partial charge in [0.15, 0.2) is 0 Å². The molecule has 2 N–H and O–H groups in total. The van der Waals surface area contributed by atoms with Crippen molar-refractivity contribution in [3.05, 3.63) is 40.0 Å². The van der Waals surface area contributed by atoms with Crippen molar-refractivity contribution in [2.45, 2.75) is 13.5 Å². The quantitative estimate of drug-likeness (QED) is 0.882. The molecule has 0 aliphatic carbocycles. The summed E-state index contributed by atoms with van der Waals surface area (Å²) in [5.74, 6) is 0.363. The van der Waals surface area contributed by atoms with Crippen molar-refractivity contribution in [1.29, 1.82) is 0 Å². The molecule has 0 bridgehead atoms. The smallest absolute Gasteiger partial charge is 0.271 e. The van der Waals surface area contributed by atoms with Gasteiger partial charge in [-0.3, -0.25) is 9.78 Å². The van der Waals surface area contributed by atoms with E-state index in [1.54, 1.807) is 24.6 Å². The molecule has 0 saturated heterocycles. The lowest BCUT2D eigenvalue weighted by molar-refractivity contribution is 0.0946. The van der Waals surface area contributed by atoms with Crippen LogP contribution in [0.15, 0.2) is 23.8 Å². The van der Waals surface area contributed by atoms with Gasteiger partial charge in [0.05, 0.1) is 18.9 Å². The first-order valence-electron chi connectivity index (χ1n) is 5.51. The first kappa shape index (κ1) is 12.5. The minimum Gasteiger partial charge on any atom is -0.372 e. The van der Waals surface area contributed by atoms with Crippen LogP contribution in [-0.4, -0.2) is 22.9 Å². The highest BCUT2D eigenvalue weighted by Crippen LogP contribution is 2.14. The maximum Gasteiger partial charge on any atom is 0.271 e. The molecule has 0 aliphatic rings. The van der Waals surface area contributed by atoms with Crippen LogP contribution in [0.2, 0.25) is 0 Å². The fourth-order valence-corrected chi connectivity index (χ4v) is 2.28. The summed E-state index contributed by atoms with van der Waals surface area (Å²) in [5.41, 5.74) is 1.51. The van der Waals surface area contributed by atoms with Gasteiger partial charge in [0.2, 0.25) is 0 Å². The summed E-state index contributed by atoms with van der Waals surface area (Å²) >= 11 is 1.63. The highest BCUT2D eigenvalue weighted by molar-refractivity contribution is 7.10. The molecule has 0 unspecified atom stereocenters. The van der Waals surface area contributed by atoms with Gasteiger partial charge in [0.1, 0.15) is 11.5 Å². The van der Waals surface area contributed by atoms with E-state index in [2.05, 4.69) is 20.6 Å². The Balaban J connectivity index is 2.01. The van der Waals surface area contributed by atoms with Crippen LogP contribution in [0.5, 0.6) is 0 Å². The molecule has 94 valence electrons. The van der Waals surface area contributed by atoms with E-state index in [0.29, 0.717) is 18.1 Å². The Labute approximate surface area is 109 Å². The molecule has 0 saturated carbocycles. The van der Waals surface area contributed by atoms with Crippen molar-refractivity contribution in [1.82, 2.24) is 15.3 Å². The van der Waals surface area contributed by atoms with E-state index in [4.69, 9.17) is 0 Å². The SMILES string of the molecule is CNc1cncc(C(=O)NCc2sccc2C)n1. The number of carbonyl (C=O) groups is 1. The third kappa shape index (κ3) is 2.84. The summed E-state index contributed by atoms with van der Waals surface area (Å²) in [6.07, 6.45) is 3.03. The van der Waals surface area contributed by atoms with E-state index in [1.807, 2.05) is 18.4 Å². The Morgan fingerprint density at radius 3 is 2.94 bits per heavy atom. The second kappa shape index (κ2) is 5.59. The number of nitrogens with zero attached hydrogens (tertiary/aromatic N) is 2. The van der Waals surface area contributed by atoms with E-state index in [9.17, 15) is 4.79 Å². The molecule has 0 aliphatic heterocycles. The van der Waals surface area contributed by atoms with Crippen molar-refractivity contribution in [2.75, 3.05) is 12.4 Å². The van der Waals surface area contributed by atoms with Crippen LogP contribution >= 0.6 is 11.3 Å². The largest absolute Gasteiger partial charge is 0.372 e. The van der Waals surface area contributed by atoms with Crippen LogP contribution in [0.25, 0.3) is 0 Å². The first-order chi connectivity index (χ1) is 8.70. The number of nitrogens with one attached hydrogen (secondary N) is 2. The molecule has 2 heterocycles. The minimum atomic E-state index is -0.215. The lowest BCUT2D eigenvalue weighted by Gasteiger charge is -2.05. The second-order valence-corrected chi connectivity index (χ2v) is 4.75. The minimum absolute atomic E-state index is 0.215. The predicted molar refractivity (Wildman–Crippen MR) is 71.8 cm³/mol. The second-order valence-electron chi connectivity index (χ2n) is 3.75. The first-order valence-corrected chi connectivity index (χ1v) is 6.39. The van der Waals surface area contributed by atoms with E-state index in [1.165, 1.54) is 11.8 Å².